The van der Waals surface area contributed by atoms with Crippen molar-refractivity contribution in [3.63, 3.8) is 0 Å². The molecule has 0 aliphatic heterocycles. The van der Waals surface area contributed by atoms with Gasteiger partial charge in [0, 0.05) is 0 Å². The van der Waals surface area contributed by atoms with Gasteiger partial charge in [0.05, 0.1) is 26.7 Å². The molecule has 1 N–H and O–H groups in total. The highest BCUT2D eigenvalue weighted by Crippen LogP contribution is 2.32. The van der Waals surface area contributed by atoms with Crippen LogP contribution in [0.3, 0.4) is 0 Å². The molecule has 0 fully saturated rings. The molecule has 1 atom stereocenters. The van der Waals surface area contributed by atoms with Crippen molar-refractivity contribution >= 4 is 52.4 Å². The predicted octanol–water partition coefficient (Wildman–Crippen LogP) is 4.17. The SMILES string of the molecule is CC(C)C(=O)OC(C)C(=O)Nc1cc(Cl)c(Cl)cc1Cl. The Kier molecular flexibility index (Phi) is 6.11. The molecule has 0 spiro atoms. The summed E-state index contributed by atoms with van der Waals surface area (Å²) >= 11 is 17.6. The topological polar surface area (TPSA) is 55.4 Å². The smallest absolute Gasteiger partial charge is 0.309 e. The van der Waals surface area contributed by atoms with Gasteiger partial charge < -0.3 is 10.1 Å². The van der Waals surface area contributed by atoms with E-state index in [4.69, 9.17) is 39.5 Å². The largest absolute Gasteiger partial charge is 0.452 e. The Morgan fingerprint density at radius 2 is 1.60 bits per heavy atom. The van der Waals surface area contributed by atoms with Crippen molar-refractivity contribution < 1.29 is 14.3 Å². The Bertz CT molecular complexity index is 532. The van der Waals surface area contributed by atoms with E-state index in [0.29, 0.717) is 5.69 Å². The third kappa shape index (κ3) is 4.54. The van der Waals surface area contributed by atoms with Gasteiger partial charge in [-0.2, -0.15) is 0 Å². The van der Waals surface area contributed by atoms with Crippen LogP contribution in [0.25, 0.3) is 0 Å². The molecule has 0 aromatic heterocycles. The van der Waals surface area contributed by atoms with Crippen molar-refractivity contribution in [1.82, 2.24) is 0 Å². The first-order chi connectivity index (χ1) is 9.22. The van der Waals surface area contributed by atoms with Crippen LogP contribution in [0.15, 0.2) is 12.1 Å². The summed E-state index contributed by atoms with van der Waals surface area (Å²) in [5.41, 5.74) is 0.304. The highest BCUT2D eigenvalue weighted by atomic mass is 35.5. The lowest BCUT2D eigenvalue weighted by molar-refractivity contribution is -0.156. The van der Waals surface area contributed by atoms with Gasteiger partial charge in [-0.25, -0.2) is 0 Å². The van der Waals surface area contributed by atoms with E-state index >= 15 is 0 Å². The second kappa shape index (κ2) is 7.16. The van der Waals surface area contributed by atoms with Crippen LogP contribution in [0.2, 0.25) is 15.1 Å². The standard InChI is InChI=1S/C13H14Cl3NO3/c1-6(2)13(19)20-7(3)12(18)17-11-5-9(15)8(14)4-10(11)16/h4-7H,1-3H3,(H,17,18). The average molecular weight is 339 g/mol. The molecule has 0 heterocycles. The normalized spacial score (nSPS) is 12.2. The van der Waals surface area contributed by atoms with Crippen molar-refractivity contribution in [1.29, 1.82) is 0 Å². The fourth-order valence-electron chi connectivity index (χ4n) is 1.22. The Morgan fingerprint density at radius 3 is 2.15 bits per heavy atom. The summed E-state index contributed by atoms with van der Waals surface area (Å²) in [6.07, 6.45) is -0.935. The van der Waals surface area contributed by atoms with Gasteiger partial charge in [-0.1, -0.05) is 48.7 Å². The van der Waals surface area contributed by atoms with E-state index in [9.17, 15) is 9.59 Å². The van der Waals surface area contributed by atoms with Crippen LogP contribution in [0.5, 0.6) is 0 Å². The molecule has 1 unspecified atom stereocenters. The van der Waals surface area contributed by atoms with Crippen molar-refractivity contribution in [2.24, 2.45) is 5.92 Å². The molecular weight excluding hydrogens is 325 g/mol. The van der Waals surface area contributed by atoms with E-state index < -0.39 is 18.0 Å². The zero-order valence-corrected chi connectivity index (χ0v) is 13.4. The van der Waals surface area contributed by atoms with Gasteiger partial charge in [0.15, 0.2) is 6.10 Å². The molecule has 0 bridgehead atoms. The van der Waals surface area contributed by atoms with E-state index in [-0.39, 0.29) is 21.0 Å². The summed E-state index contributed by atoms with van der Waals surface area (Å²) in [5, 5.41) is 3.32. The summed E-state index contributed by atoms with van der Waals surface area (Å²) in [6.45, 7) is 4.84. The maximum atomic E-state index is 11.9. The second-order valence-electron chi connectivity index (χ2n) is 4.47. The minimum Gasteiger partial charge on any atom is -0.452 e. The van der Waals surface area contributed by atoms with E-state index in [1.54, 1.807) is 13.8 Å². The molecule has 4 nitrogen and oxygen atoms in total. The number of hydrogen-bond donors (Lipinski definition) is 1. The molecule has 0 saturated heterocycles. The van der Waals surface area contributed by atoms with Gasteiger partial charge >= 0.3 is 5.97 Å². The first-order valence-corrected chi connectivity index (χ1v) is 7.01. The number of anilines is 1. The Labute approximate surface area is 132 Å². The van der Waals surface area contributed by atoms with E-state index in [0.717, 1.165) is 0 Å². The molecular formula is C13H14Cl3NO3. The van der Waals surface area contributed by atoms with Crippen LogP contribution in [0.4, 0.5) is 5.69 Å². The average Bonchev–Trinajstić information content (AvgIpc) is 2.35. The lowest BCUT2D eigenvalue weighted by Gasteiger charge is -2.15. The van der Waals surface area contributed by atoms with Crippen LogP contribution in [0, 0.1) is 5.92 Å². The molecule has 0 aliphatic rings. The van der Waals surface area contributed by atoms with Crippen molar-refractivity contribution in [3.05, 3.63) is 27.2 Å². The van der Waals surface area contributed by atoms with Gasteiger partial charge in [-0.3, -0.25) is 9.59 Å². The number of nitrogens with one attached hydrogen (secondary N) is 1. The maximum absolute atomic E-state index is 11.9. The first kappa shape index (κ1) is 17.1. The van der Waals surface area contributed by atoms with Crippen molar-refractivity contribution in [2.45, 2.75) is 26.9 Å². The quantitative estimate of drug-likeness (QED) is 0.662. The Balaban J connectivity index is 2.76. The Hall–Kier alpha value is -0.970. The van der Waals surface area contributed by atoms with Crippen LogP contribution in [0.1, 0.15) is 20.8 Å². The maximum Gasteiger partial charge on any atom is 0.309 e. The monoisotopic (exact) mass is 337 g/mol. The zero-order valence-electron chi connectivity index (χ0n) is 11.2. The number of amides is 1. The van der Waals surface area contributed by atoms with Crippen LogP contribution < -0.4 is 5.32 Å². The number of ether oxygens (including phenoxy) is 1. The van der Waals surface area contributed by atoms with Gasteiger partial charge in [0.25, 0.3) is 5.91 Å². The summed E-state index contributed by atoms with van der Waals surface area (Å²) in [5.74, 6) is -1.26. The molecule has 1 aromatic carbocycles. The number of halogens is 3. The summed E-state index contributed by atoms with van der Waals surface area (Å²) in [7, 11) is 0. The number of rotatable bonds is 4. The minimum atomic E-state index is -0.935. The van der Waals surface area contributed by atoms with Crippen LogP contribution in [-0.2, 0) is 14.3 Å². The third-order valence-electron chi connectivity index (χ3n) is 2.40. The lowest BCUT2D eigenvalue weighted by atomic mass is 10.2. The summed E-state index contributed by atoms with van der Waals surface area (Å²) < 4.78 is 4.99. The number of carbonyl (C=O) groups excluding carboxylic acids is 2. The summed E-state index contributed by atoms with van der Waals surface area (Å²) in [6, 6.07) is 2.85. The molecule has 1 amide bonds. The molecule has 0 radical (unpaired) electrons. The molecule has 1 aromatic rings. The third-order valence-corrected chi connectivity index (χ3v) is 3.44. The summed E-state index contributed by atoms with van der Waals surface area (Å²) in [4.78, 5) is 23.3. The highest BCUT2D eigenvalue weighted by Gasteiger charge is 2.20. The Morgan fingerprint density at radius 1 is 1.05 bits per heavy atom. The number of esters is 1. The van der Waals surface area contributed by atoms with Gasteiger partial charge in [-0.05, 0) is 19.1 Å². The van der Waals surface area contributed by atoms with Crippen LogP contribution in [-0.4, -0.2) is 18.0 Å². The van der Waals surface area contributed by atoms with Crippen molar-refractivity contribution in [3.8, 4) is 0 Å². The van der Waals surface area contributed by atoms with E-state index in [1.165, 1.54) is 19.1 Å². The molecule has 7 heteroatoms. The first-order valence-electron chi connectivity index (χ1n) is 5.88. The van der Waals surface area contributed by atoms with Gasteiger partial charge in [-0.15, -0.1) is 0 Å². The minimum absolute atomic E-state index is 0.245. The fraction of sp³-hybridized carbons (Fsp3) is 0.385. The molecule has 1 rings (SSSR count). The number of benzene rings is 1. The number of carbonyl (C=O) groups is 2. The molecule has 0 saturated carbocycles. The van der Waals surface area contributed by atoms with Gasteiger partial charge in [0.1, 0.15) is 0 Å². The molecule has 110 valence electrons. The lowest BCUT2D eigenvalue weighted by Crippen LogP contribution is -2.31. The van der Waals surface area contributed by atoms with Crippen LogP contribution >= 0.6 is 34.8 Å². The molecule has 0 aliphatic carbocycles. The van der Waals surface area contributed by atoms with Gasteiger partial charge in [0.2, 0.25) is 0 Å². The second-order valence-corrected chi connectivity index (χ2v) is 5.69. The number of hydrogen-bond acceptors (Lipinski definition) is 3. The fourth-order valence-corrected chi connectivity index (χ4v) is 1.81. The van der Waals surface area contributed by atoms with E-state index in [1.807, 2.05) is 0 Å². The highest BCUT2D eigenvalue weighted by molar-refractivity contribution is 6.44. The zero-order chi connectivity index (χ0) is 15.4. The molecule has 20 heavy (non-hydrogen) atoms. The predicted molar refractivity (Wildman–Crippen MR) is 80.5 cm³/mol. The van der Waals surface area contributed by atoms with E-state index in [2.05, 4.69) is 5.32 Å². The van der Waals surface area contributed by atoms with Crippen molar-refractivity contribution in [2.75, 3.05) is 5.32 Å².